The minimum atomic E-state index is -0.234. The maximum Gasteiger partial charge on any atom is 0.232 e. The fraction of sp³-hybridized carbons (Fsp3) is 0.862. The molecule has 0 unspecified atom stereocenters. The lowest BCUT2D eigenvalue weighted by Crippen LogP contribution is -2.59. The number of carbonyl (C=O) groups excluding carboxylic acids is 2. The van der Waals surface area contributed by atoms with E-state index in [1.54, 1.807) is 4.90 Å². The van der Waals surface area contributed by atoms with Crippen LogP contribution in [0.2, 0.25) is 0 Å². The molecule has 34 heavy (non-hydrogen) atoms. The smallest absolute Gasteiger partial charge is 0.232 e. The van der Waals surface area contributed by atoms with Gasteiger partial charge in [-0.1, -0.05) is 33.8 Å². The lowest BCUT2D eigenvalue weighted by molar-refractivity contribution is -0.154. The summed E-state index contributed by atoms with van der Waals surface area (Å²) in [6, 6.07) is 0.360. The summed E-state index contributed by atoms with van der Waals surface area (Å²) in [7, 11) is 4.27. The van der Waals surface area contributed by atoms with Crippen LogP contribution in [-0.4, -0.2) is 59.4 Å². The first kappa shape index (κ1) is 24.5. The molecule has 1 amide bonds. The second kappa shape index (κ2) is 8.16. The first-order valence-corrected chi connectivity index (χ1v) is 13.8. The Kier molecular flexibility index (Phi) is 5.88. The molecule has 1 heterocycles. The largest absolute Gasteiger partial charge is 0.393 e. The predicted octanol–water partition coefficient (Wildman–Crippen LogP) is 4.35. The first-order chi connectivity index (χ1) is 15.9. The minimum Gasteiger partial charge on any atom is -0.393 e. The number of nitrogens with zero attached hydrogens (tertiary/aromatic N) is 2. The molecular weight excluding hydrogens is 424 g/mol. The SMILES string of the molecule is CC(C)[C@@H]1CN(C2=CC[C@@]3(C)[C@H](CC[C@@H]4[C@@H]3CC[C@]3(C)[C@@H]([C@H](C)N(C)C)[C@H](O)C[C@@H]43)C2=O)C1=O. The Morgan fingerprint density at radius 1 is 1.06 bits per heavy atom. The monoisotopic (exact) mass is 470 g/mol. The van der Waals surface area contributed by atoms with Crippen molar-refractivity contribution in [2.24, 2.45) is 52.3 Å². The van der Waals surface area contributed by atoms with Gasteiger partial charge in [0.2, 0.25) is 5.91 Å². The molecule has 0 spiro atoms. The lowest BCUT2D eigenvalue weighted by atomic mass is 9.45. The Bertz CT molecular complexity index is 896. The topological polar surface area (TPSA) is 60.9 Å². The fourth-order valence-electron chi connectivity index (χ4n) is 9.43. The third-order valence-corrected chi connectivity index (χ3v) is 11.7. The van der Waals surface area contributed by atoms with Crippen molar-refractivity contribution in [3.8, 4) is 0 Å². The van der Waals surface area contributed by atoms with Crippen molar-refractivity contribution in [3.05, 3.63) is 11.8 Å². The quantitative estimate of drug-likeness (QED) is 0.621. The molecule has 0 radical (unpaired) electrons. The molecule has 190 valence electrons. The summed E-state index contributed by atoms with van der Waals surface area (Å²) in [5, 5.41) is 11.2. The second-order valence-electron chi connectivity index (χ2n) is 13.5. The molecule has 0 aromatic carbocycles. The fourth-order valence-corrected chi connectivity index (χ4v) is 9.43. The molecule has 3 saturated carbocycles. The number of carbonyl (C=O) groups is 2. The summed E-state index contributed by atoms with van der Waals surface area (Å²) in [6.45, 7) is 12.0. The van der Waals surface area contributed by atoms with Crippen molar-refractivity contribution in [1.29, 1.82) is 0 Å². The maximum atomic E-state index is 13.7. The van der Waals surface area contributed by atoms with Gasteiger partial charge in [-0.05, 0) is 94.0 Å². The van der Waals surface area contributed by atoms with E-state index in [-0.39, 0.29) is 40.5 Å². The van der Waals surface area contributed by atoms with Crippen molar-refractivity contribution >= 4 is 11.7 Å². The number of allylic oxidation sites excluding steroid dienone is 2. The molecule has 0 bridgehead atoms. The molecule has 5 aliphatic rings. The highest BCUT2D eigenvalue weighted by molar-refractivity contribution is 6.03. The van der Waals surface area contributed by atoms with E-state index >= 15 is 0 Å². The van der Waals surface area contributed by atoms with E-state index in [0.29, 0.717) is 47.9 Å². The van der Waals surface area contributed by atoms with Crippen molar-refractivity contribution < 1.29 is 14.7 Å². The number of hydrogen-bond acceptors (Lipinski definition) is 4. The van der Waals surface area contributed by atoms with Crippen LogP contribution in [0.5, 0.6) is 0 Å². The molecular formula is C29H46N2O3. The normalized spacial score (nSPS) is 47.2. The molecule has 5 nitrogen and oxygen atoms in total. The summed E-state index contributed by atoms with van der Waals surface area (Å²) in [5.74, 6) is 2.77. The van der Waals surface area contributed by atoms with E-state index in [2.05, 4.69) is 59.7 Å². The third kappa shape index (κ3) is 3.25. The molecule has 4 aliphatic carbocycles. The van der Waals surface area contributed by atoms with Gasteiger partial charge in [-0.3, -0.25) is 9.59 Å². The molecule has 0 aromatic heterocycles. The van der Waals surface area contributed by atoms with E-state index in [1.165, 1.54) is 0 Å². The van der Waals surface area contributed by atoms with Gasteiger partial charge in [0.05, 0.1) is 17.7 Å². The zero-order valence-electron chi connectivity index (χ0n) is 22.4. The Morgan fingerprint density at radius 3 is 2.38 bits per heavy atom. The van der Waals surface area contributed by atoms with Crippen LogP contribution in [0, 0.1) is 52.3 Å². The van der Waals surface area contributed by atoms with Crippen LogP contribution in [0.1, 0.15) is 73.1 Å². The van der Waals surface area contributed by atoms with Crippen LogP contribution in [-0.2, 0) is 9.59 Å². The molecule has 1 aliphatic heterocycles. The highest BCUT2D eigenvalue weighted by atomic mass is 16.3. The minimum absolute atomic E-state index is 0.0214. The summed E-state index contributed by atoms with van der Waals surface area (Å²) in [6.07, 6.45) is 8.01. The number of ketones is 1. The standard InChI is InChI=1S/C29H46N2O3/c1-16(2)19-15-31(27(19)34)23-11-13-28(4)20-10-12-29(5)22(18(20)8-9-21(28)26(23)33)14-24(32)25(29)17(3)30(6)7/h11,16-22,24-25,32H,8-10,12-15H2,1-7H3/t17-,18+,19-,20-,21+,22-,24+,25-,28+,29-/m0/s1. The summed E-state index contributed by atoms with van der Waals surface area (Å²) in [4.78, 5) is 30.5. The number of β-lactam (4-membered cyclic amide) rings is 1. The van der Waals surface area contributed by atoms with Crippen LogP contribution < -0.4 is 0 Å². The molecule has 10 atom stereocenters. The Morgan fingerprint density at radius 2 is 1.76 bits per heavy atom. The average molecular weight is 471 g/mol. The predicted molar refractivity (Wildman–Crippen MR) is 134 cm³/mol. The van der Waals surface area contributed by atoms with Crippen molar-refractivity contribution in [2.45, 2.75) is 85.3 Å². The van der Waals surface area contributed by atoms with E-state index < -0.39 is 0 Å². The zero-order valence-corrected chi connectivity index (χ0v) is 22.4. The van der Waals surface area contributed by atoms with Crippen molar-refractivity contribution in [1.82, 2.24) is 9.80 Å². The second-order valence-corrected chi connectivity index (χ2v) is 13.5. The molecule has 5 heteroatoms. The number of likely N-dealkylation sites (tertiary alicyclic amines) is 1. The van der Waals surface area contributed by atoms with Gasteiger partial charge in [-0.2, -0.15) is 0 Å². The summed E-state index contributed by atoms with van der Waals surface area (Å²) >= 11 is 0. The van der Waals surface area contributed by atoms with Crippen LogP contribution in [0.4, 0.5) is 0 Å². The van der Waals surface area contributed by atoms with Crippen LogP contribution in [0.3, 0.4) is 0 Å². The van der Waals surface area contributed by atoms with Gasteiger partial charge in [0.25, 0.3) is 0 Å². The van der Waals surface area contributed by atoms with Gasteiger partial charge in [0.1, 0.15) is 0 Å². The van der Waals surface area contributed by atoms with Crippen LogP contribution in [0.25, 0.3) is 0 Å². The van der Waals surface area contributed by atoms with Gasteiger partial charge >= 0.3 is 0 Å². The van der Waals surface area contributed by atoms with Gasteiger partial charge in [0, 0.05) is 24.4 Å². The lowest BCUT2D eigenvalue weighted by Gasteiger charge is -2.60. The Labute approximate surface area is 206 Å². The molecule has 0 aromatic rings. The molecule has 5 rings (SSSR count). The Balaban J connectivity index is 1.39. The highest BCUT2D eigenvalue weighted by Crippen LogP contribution is 2.67. The number of aliphatic hydroxyl groups excluding tert-OH is 1. The summed E-state index contributed by atoms with van der Waals surface area (Å²) in [5.41, 5.74) is 0.842. The van der Waals surface area contributed by atoms with E-state index in [1.807, 2.05) is 0 Å². The van der Waals surface area contributed by atoms with Gasteiger partial charge in [-0.15, -0.1) is 0 Å². The number of hydrogen-bond donors (Lipinski definition) is 1. The molecule has 1 saturated heterocycles. The van der Waals surface area contributed by atoms with Gasteiger partial charge < -0.3 is 14.9 Å². The first-order valence-electron chi connectivity index (χ1n) is 13.8. The van der Waals surface area contributed by atoms with E-state index in [9.17, 15) is 14.7 Å². The van der Waals surface area contributed by atoms with Crippen molar-refractivity contribution in [2.75, 3.05) is 20.6 Å². The Hall–Kier alpha value is -1.20. The van der Waals surface area contributed by atoms with Crippen LogP contribution in [0.15, 0.2) is 11.8 Å². The maximum absolute atomic E-state index is 13.7. The van der Waals surface area contributed by atoms with E-state index in [4.69, 9.17) is 0 Å². The zero-order chi connectivity index (χ0) is 24.7. The number of aliphatic hydroxyl groups is 1. The number of rotatable bonds is 4. The van der Waals surface area contributed by atoms with Crippen molar-refractivity contribution in [3.63, 3.8) is 0 Å². The number of fused-ring (bicyclic) bond motifs is 5. The average Bonchev–Trinajstić information content (AvgIpc) is 3.03. The molecule has 1 N–H and O–H groups in total. The summed E-state index contributed by atoms with van der Waals surface area (Å²) < 4.78 is 0. The third-order valence-electron chi connectivity index (χ3n) is 11.7. The highest BCUT2D eigenvalue weighted by Gasteiger charge is 2.64. The van der Waals surface area contributed by atoms with Crippen LogP contribution >= 0.6 is 0 Å². The van der Waals surface area contributed by atoms with Gasteiger partial charge in [0.15, 0.2) is 5.78 Å². The van der Waals surface area contributed by atoms with E-state index in [0.717, 1.165) is 38.5 Å². The number of amides is 1. The number of Topliss-reactive ketones (excluding diaryl/α,β-unsaturated/α-hetero) is 1. The van der Waals surface area contributed by atoms with Gasteiger partial charge in [-0.25, -0.2) is 0 Å². The molecule has 4 fully saturated rings.